The Morgan fingerprint density at radius 2 is 1.83 bits per heavy atom. The first kappa shape index (κ1) is 22.0. The second-order valence-corrected chi connectivity index (χ2v) is 10.4. The quantitative estimate of drug-likeness (QED) is 0.623. The largest absolute Gasteiger partial charge is 0.324 e. The molecule has 1 heterocycles. The number of hydrogen-bond donors (Lipinski definition) is 1. The Bertz CT molecular complexity index is 1260. The summed E-state index contributed by atoms with van der Waals surface area (Å²) in [6.45, 7) is 7.29. The van der Waals surface area contributed by atoms with Crippen molar-refractivity contribution in [3.63, 3.8) is 0 Å². The Morgan fingerprint density at radius 1 is 1.13 bits per heavy atom. The van der Waals surface area contributed by atoms with Crippen molar-refractivity contribution in [2.45, 2.75) is 39.8 Å². The van der Waals surface area contributed by atoms with E-state index in [9.17, 15) is 18.0 Å². The second kappa shape index (κ2) is 8.23. The summed E-state index contributed by atoms with van der Waals surface area (Å²) >= 11 is 1.12. The molecule has 160 valence electrons. The third-order valence-electron chi connectivity index (χ3n) is 4.74. The number of anilines is 2. The number of benzene rings is 2. The van der Waals surface area contributed by atoms with Crippen LogP contribution in [0.5, 0.6) is 0 Å². The molecule has 30 heavy (non-hydrogen) atoms. The molecule has 0 aliphatic heterocycles. The first-order valence-electron chi connectivity index (χ1n) is 9.51. The van der Waals surface area contributed by atoms with Gasteiger partial charge in [0.25, 0.3) is 0 Å². The summed E-state index contributed by atoms with van der Waals surface area (Å²) in [4.78, 5) is 25.1. The molecule has 1 aromatic heterocycles. The highest BCUT2D eigenvalue weighted by molar-refractivity contribution is 7.92. The van der Waals surface area contributed by atoms with Crippen molar-refractivity contribution in [2.24, 2.45) is 0 Å². The van der Waals surface area contributed by atoms with Crippen molar-refractivity contribution < 1.29 is 13.2 Å². The van der Waals surface area contributed by atoms with Crippen LogP contribution in [0.2, 0.25) is 0 Å². The summed E-state index contributed by atoms with van der Waals surface area (Å²) in [6.07, 6.45) is 1.08. The van der Waals surface area contributed by atoms with E-state index in [0.29, 0.717) is 11.4 Å². The van der Waals surface area contributed by atoms with E-state index >= 15 is 0 Å². The fraction of sp³-hybridized carbons (Fsp3) is 0.333. The van der Waals surface area contributed by atoms with Gasteiger partial charge in [-0.2, -0.15) is 0 Å². The maximum Gasteiger partial charge on any atom is 0.308 e. The van der Waals surface area contributed by atoms with Crippen LogP contribution < -0.4 is 14.5 Å². The van der Waals surface area contributed by atoms with Crippen LogP contribution in [0.3, 0.4) is 0 Å². The van der Waals surface area contributed by atoms with Crippen molar-refractivity contribution in [3.05, 3.63) is 57.7 Å². The molecule has 0 spiro atoms. The molecule has 0 saturated heterocycles. The van der Waals surface area contributed by atoms with Gasteiger partial charge in [-0.1, -0.05) is 23.5 Å². The van der Waals surface area contributed by atoms with Gasteiger partial charge in [-0.15, -0.1) is 0 Å². The van der Waals surface area contributed by atoms with E-state index < -0.39 is 22.0 Å². The van der Waals surface area contributed by atoms with Crippen LogP contribution in [0.15, 0.2) is 47.3 Å². The minimum Gasteiger partial charge on any atom is -0.324 e. The maximum atomic E-state index is 12.9. The molecule has 3 aromatic rings. The molecule has 2 aromatic carbocycles. The summed E-state index contributed by atoms with van der Waals surface area (Å²) in [7, 11) is -3.69. The lowest BCUT2D eigenvalue weighted by Gasteiger charge is -2.28. The first-order valence-corrected chi connectivity index (χ1v) is 12.2. The van der Waals surface area contributed by atoms with E-state index in [-0.39, 0.29) is 10.9 Å². The molecule has 0 aliphatic carbocycles. The number of rotatable bonds is 6. The predicted octanol–water partition coefficient (Wildman–Crippen LogP) is 3.75. The molecule has 0 radical (unpaired) electrons. The van der Waals surface area contributed by atoms with Crippen LogP contribution in [-0.4, -0.2) is 31.2 Å². The van der Waals surface area contributed by atoms with E-state index in [2.05, 4.69) is 5.32 Å². The van der Waals surface area contributed by atoms with Crippen molar-refractivity contribution in [2.75, 3.05) is 15.9 Å². The normalized spacial score (nSPS) is 12.9. The Morgan fingerprint density at radius 3 is 2.43 bits per heavy atom. The highest BCUT2D eigenvalue weighted by Crippen LogP contribution is 2.26. The van der Waals surface area contributed by atoms with E-state index in [4.69, 9.17) is 0 Å². The van der Waals surface area contributed by atoms with E-state index in [1.807, 2.05) is 26.8 Å². The van der Waals surface area contributed by atoms with E-state index in [1.54, 1.807) is 47.9 Å². The molecule has 0 saturated carbocycles. The lowest BCUT2D eigenvalue weighted by atomic mass is 10.2. The van der Waals surface area contributed by atoms with Gasteiger partial charge in [-0.3, -0.25) is 18.5 Å². The molecular weight excluding hydrogens is 422 g/mol. The van der Waals surface area contributed by atoms with E-state index in [1.165, 1.54) is 0 Å². The molecule has 0 unspecified atom stereocenters. The van der Waals surface area contributed by atoms with Crippen molar-refractivity contribution in [1.29, 1.82) is 0 Å². The van der Waals surface area contributed by atoms with Gasteiger partial charge in [0.15, 0.2) is 0 Å². The summed E-state index contributed by atoms with van der Waals surface area (Å²) in [6, 6.07) is 11.3. The standard InChI is InChI=1S/C21H25N3O4S2/c1-13(2)23-18-10-9-16(12-19(18)29-21(23)26)22-20(25)15(4)24(30(5,27)28)17-8-6-7-14(3)11-17/h6-13,15H,1-5H3,(H,22,25)/t15-/m0/s1. The number of carbonyl (C=O) groups is 1. The van der Waals surface area contributed by atoms with Crippen LogP contribution in [-0.2, 0) is 14.8 Å². The number of amides is 1. The van der Waals surface area contributed by atoms with Gasteiger partial charge in [0.1, 0.15) is 6.04 Å². The number of nitrogens with one attached hydrogen (secondary N) is 1. The highest BCUT2D eigenvalue weighted by atomic mass is 32.2. The molecule has 3 rings (SSSR count). The minimum atomic E-state index is -3.69. The van der Waals surface area contributed by atoms with Gasteiger partial charge >= 0.3 is 4.87 Å². The van der Waals surface area contributed by atoms with Gasteiger partial charge in [-0.25, -0.2) is 8.42 Å². The summed E-state index contributed by atoms with van der Waals surface area (Å²) < 4.78 is 28.4. The summed E-state index contributed by atoms with van der Waals surface area (Å²) in [5, 5.41) is 2.78. The second-order valence-electron chi connectivity index (χ2n) is 7.58. The zero-order valence-electron chi connectivity index (χ0n) is 17.5. The highest BCUT2D eigenvalue weighted by Gasteiger charge is 2.29. The van der Waals surface area contributed by atoms with Crippen molar-refractivity contribution in [3.8, 4) is 0 Å². The Balaban J connectivity index is 1.91. The van der Waals surface area contributed by atoms with Crippen LogP contribution >= 0.6 is 11.3 Å². The van der Waals surface area contributed by atoms with Crippen molar-refractivity contribution >= 4 is 48.9 Å². The molecule has 7 nitrogen and oxygen atoms in total. The molecule has 0 aliphatic rings. The van der Waals surface area contributed by atoms with Crippen molar-refractivity contribution in [1.82, 2.24) is 4.57 Å². The van der Waals surface area contributed by atoms with Gasteiger partial charge in [-0.05, 0) is 63.6 Å². The zero-order chi connectivity index (χ0) is 22.2. The number of nitrogens with zero attached hydrogens (tertiary/aromatic N) is 2. The summed E-state index contributed by atoms with van der Waals surface area (Å²) in [5.74, 6) is -0.461. The molecule has 0 bridgehead atoms. The lowest BCUT2D eigenvalue weighted by molar-refractivity contribution is -0.116. The molecule has 1 atom stereocenters. The average molecular weight is 448 g/mol. The number of carbonyl (C=O) groups excluding carboxylic acids is 1. The fourth-order valence-electron chi connectivity index (χ4n) is 3.42. The topological polar surface area (TPSA) is 88.5 Å². The molecular formula is C21H25N3O4S2. The van der Waals surface area contributed by atoms with Crippen LogP contribution in [0.25, 0.3) is 10.2 Å². The van der Waals surface area contributed by atoms with Gasteiger partial charge in [0.2, 0.25) is 15.9 Å². The first-order chi connectivity index (χ1) is 14.0. The average Bonchev–Trinajstić information content (AvgIpc) is 2.95. The maximum absolute atomic E-state index is 12.9. The third-order valence-corrected chi connectivity index (χ3v) is 6.90. The number of aryl methyl sites for hydroxylation is 1. The minimum absolute atomic E-state index is 0.0318. The monoisotopic (exact) mass is 447 g/mol. The Labute approximate surface area is 180 Å². The van der Waals surface area contributed by atoms with Crippen LogP contribution in [0.4, 0.5) is 11.4 Å². The Hall–Kier alpha value is -2.65. The number of hydrogen-bond acceptors (Lipinski definition) is 5. The van der Waals surface area contributed by atoms with Gasteiger partial charge in [0.05, 0.1) is 22.2 Å². The van der Waals surface area contributed by atoms with Crippen LogP contribution in [0.1, 0.15) is 32.4 Å². The number of thiazole rings is 1. The van der Waals surface area contributed by atoms with Gasteiger partial charge in [0, 0.05) is 11.7 Å². The lowest BCUT2D eigenvalue weighted by Crippen LogP contribution is -2.45. The fourth-order valence-corrected chi connectivity index (χ4v) is 5.64. The van der Waals surface area contributed by atoms with Gasteiger partial charge < -0.3 is 5.32 Å². The van der Waals surface area contributed by atoms with Crippen LogP contribution in [0, 0.1) is 6.92 Å². The smallest absolute Gasteiger partial charge is 0.308 e. The molecule has 9 heteroatoms. The zero-order valence-corrected chi connectivity index (χ0v) is 19.2. The number of sulfonamides is 1. The SMILES string of the molecule is Cc1cccc(N([C@@H](C)C(=O)Nc2ccc3c(c2)sc(=O)n3C(C)C)S(C)(=O)=O)c1. The third kappa shape index (κ3) is 4.41. The van der Waals surface area contributed by atoms with E-state index in [0.717, 1.165) is 37.7 Å². The molecule has 1 amide bonds. The Kier molecular flexibility index (Phi) is 6.05. The summed E-state index contributed by atoms with van der Waals surface area (Å²) in [5.41, 5.74) is 2.64. The molecule has 1 N–H and O–H groups in total. The molecule has 0 fully saturated rings. The predicted molar refractivity (Wildman–Crippen MR) is 123 cm³/mol. The number of fused-ring (bicyclic) bond motifs is 1. The number of aromatic nitrogens is 1.